The van der Waals surface area contributed by atoms with Crippen LogP contribution in [0.3, 0.4) is 0 Å². The van der Waals surface area contributed by atoms with Crippen molar-refractivity contribution in [3.05, 3.63) is 9.22 Å². The third-order valence-corrected chi connectivity index (χ3v) is 3.30. The van der Waals surface area contributed by atoms with Gasteiger partial charge in [-0.1, -0.05) is 0 Å². The van der Waals surface area contributed by atoms with E-state index in [1.165, 1.54) is 35.3 Å². The van der Waals surface area contributed by atoms with E-state index in [2.05, 4.69) is 23.5 Å². The third kappa shape index (κ3) is 2.34. The van der Waals surface area contributed by atoms with Gasteiger partial charge in [-0.05, 0) is 15.9 Å². The van der Waals surface area contributed by atoms with Crippen molar-refractivity contribution in [2.45, 2.75) is 0 Å². The lowest BCUT2D eigenvalue weighted by molar-refractivity contribution is 2.04. The van der Waals surface area contributed by atoms with Gasteiger partial charge in [-0.2, -0.15) is 0 Å². The average molecular weight is 229 g/mol. The molecule has 0 spiro atoms. The maximum atomic E-state index is 3.88. The van der Waals surface area contributed by atoms with Gasteiger partial charge in [-0.3, -0.25) is 0 Å². The zero-order chi connectivity index (χ0) is 5.82. The van der Waals surface area contributed by atoms with Crippen LogP contribution in [0, 0.1) is 0 Å². The highest BCUT2D eigenvalue weighted by molar-refractivity contribution is 9.14. The summed E-state index contributed by atoms with van der Waals surface area (Å²) in [6, 6.07) is 0. The molecule has 0 aromatic carbocycles. The van der Waals surface area contributed by atoms with Gasteiger partial charge >= 0.3 is 0 Å². The van der Waals surface area contributed by atoms with Crippen molar-refractivity contribution in [2.24, 2.45) is 7.54 Å². The molecule has 0 bridgehead atoms. The minimum absolute atomic E-state index is 1.01. The molecule has 6 heteroatoms. The minimum Gasteiger partial charge on any atom is -0.136 e. The SMILES string of the molecule is BrC1=CSN=S=NS1. The van der Waals surface area contributed by atoms with E-state index in [4.69, 9.17) is 0 Å². The molecule has 0 aromatic rings. The van der Waals surface area contributed by atoms with E-state index in [1.54, 1.807) is 0 Å². The monoisotopic (exact) mass is 228 g/mol. The van der Waals surface area contributed by atoms with Crippen LogP contribution in [-0.2, 0) is 11.4 Å². The van der Waals surface area contributed by atoms with E-state index in [0.29, 0.717) is 0 Å². The highest BCUT2D eigenvalue weighted by Gasteiger charge is 1.91. The van der Waals surface area contributed by atoms with Gasteiger partial charge in [-0.25, -0.2) is 0 Å². The van der Waals surface area contributed by atoms with Crippen LogP contribution in [0.5, 0.6) is 0 Å². The maximum absolute atomic E-state index is 3.88. The highest BCUT2D eigenvalue weighted by Crippen LogP contribution is 2.28. The molecule has 0 aliphatic carbocycles. The van der Waals surface area contributed by atoms with E-state index in [0.717, 1.165) is 3.81 Å². The molecule has 0 fully saturated rings. The standard InChI is InChI=1S/C2HBrN2S3/c3-2-1-6-4-8-5-7-2/h1H. The Kier molecular flexibility index (Phi) is 3.18. The summed E-state index contributed by atoms with van der Waals surface area (Å²) >= 11 is 7.27. The summed E-state index contributed by atoms with van der Waals surface area (Å²) in [6.07, 6.45) is 0. The van der Waals surface area contributed by atoms with Crippen LogP contribution < -0.4 is 0 Å². The molecular weight excluding hydrogens is 228 g/mol. The first kappa shape index (κ1) is 6.85. The molecule has 0 unspecified atom stereocenters. The summed E-state index contributed by atoms with van der Waals surface area (Å²) in [5, 5.41) is 1.90. The number of halogens is 1. The van der Waals surface area contributed by atoms with Crippen LogP contribution in [0.1, 0.15) is 0 Å². The Morgan fingerprint density at radius 3 is 3.25 bits per heavy atom. The fourth-order valence-corrected chi connectivity index (χ4v) is 2.43. The second-order valence-corrected chi connectivity index (χ2v) is 4.65. The van der Waals surface area contributed by atoms with Crippen molar-refractivity contribution in [3.8, 4) is 0 Å². The Balaban J connectivity index is 2.66. The fourth-order valence-electron chi connectivity index (χ4n) is 0.170. The highest BCUT2D eigenvalue weighted by atomic mass is 79.9. The third-order valence-electron chi connectivity index (χ3n) is 0.380. The minimum atomic E-state index is 1.01. The molecule has 2 nitrogen and oxygen atoms in total. The Morgan fingerprint density at radius 1 is 1.50 bits per heavy atom. The Labute approximate surface area is 67.8 Å². The number of nitrogens with zero attached hydrogens (tertiary/aromatic N) is 2. The van der Waals surface area contributed by atoms with Gasteiger partial charge in [0.15, 0.2) is 0 Å². The van der Waals surface area contributed by atoms with Crippen LogP contribution in [-0.4, -0.2) is 0 Å². The van der Waals surface area contributed by atoms with E-state index in [9.17, 15) is 0 Å². The predicted octanol–water partition coefficient (Wildman–Crippen LogP) is 2.94. The van der Waals surface area contributed by atoms with Crippen LogP contribution in [0.4, 0.5) is 0 Å². The molecule has 1 heterocycles. The fraction of sp³-hybridized carbons (Fsp3) is 0. The van der Waals surface area contributed by atoms with Crippen LogP contribution in [0.15, 0.2) is 16.8 Å². The van der Waals surface area contributed by atoms with Crippen molar-refractivity contribution in [2.75, 3.05) is 0 Å². The quantitative estimate of drug-likeness (QED) is 0.596. The van der Waals surface area contributed by atoms with Crippen LogP contribution >= 0.6 is 39.8 Å². The van der Waals surface area contributed by atoms with Crippen molar-refractivity contribution >= 4 is 51.2 Å². The van der Waals surface area contributed by atoms with Crippen molar-refractivity contribution < 1.29 is 0 Å². The first-order chi connectivity index (χ1) is 3.89. The Morgan fingerprint density at radius 2 is 2.38 bits per heavy atom. The van der Waals surface area contributed by atoms with Gasteiger partial charge in [0.2, 0.25) is 0 Å². The lowest BCUT2D eigenvalue weighted by Crippen LogP contribution is -1.47. The molecule has 44 valence electrons. The van der Waals surface area contributed by atoms with Gasteiger partial charge in [-0.15, -0.1) is 7.54 Å². The molecule has 0 radical (unpaired) electrons. The summed E-state index contributed by atoms with van der Waals surface area (Å²) in [4.78, 5) is 0. The van der Waals surface area contributed by atoms with Crippen molar-refractivity contribution in [3.63, 3.8) is 0 Å². The first-order valence-electron chi connectivity index (χ1n) is 1.65. The second kappa shape index (κ2) is 3.71. The molecule has 0 aromatic heterocycles. The van der Waals surface area contributed by atoms with Crippen molar-refractivity contribution in [1.82, 2.24) is 0 Å². The Hall–Kier alpha value is 0.740. The molecule has 0 amide bonds. The smallest absolute Gasteiger partial charge is 0.0837 e. The number of rotatable bonds is 0. The zero-order valence-corrected chi connectivity index (χ0v) is 7.61. The summed E-state index contributed by atoms with van der Waals surface area (Å²) in [5.41, 5.74) is 0. The summed E-state index contributed by atoms with van der Waals surface area (Å²) in [5.74, 6) is 0. The van der Waals surface area contributed by atoms with Crippen molar-refractivity contribution in [1.29, 1.82) is 0 Å². The van der Waals surface area contributed by atoms with E-state index >= 15 is 0 Å². The topological polar surface area (TPSA) is 24.7 Å². The Bertz CT molecular complexity index is 170. The van der Waals surface area contributed by atoms with E-state index < -0.39 is 0 Å². The van der Waals surface area contributed by atoms with Crippen LogP contribution in [0.25, 0.3) is 0 Å². The maximum Gasteiger partial charge on any atom is 0.0837 e. The normalized spacial score (nSPS) is 18.9. The lowest BCUT2D eigenvalue weighted by atomic mass is 11.2. The number of hydrogen-bond acceptors (Lipinski definition) is 4. The van der Waals surface area contributed by atoms with Gasteiger partial charge in [0.1, 0.15) is 0 Å². The summed E-state index contributed by atoms with van der Waals surface area (Å²) in [7, 11) is 0. The molecule has 1 rings (SSSR count). The molecule has 0 saturated heterocycles. The molecule has 0 atom stereocenters. The van der Waals surface area contributed by atoms with Gasteiger partial charge < -0.3 is 0 Å². The van der Waals surface area contributed by atoms with Crippen LogP contribution in [0.2, 0.25) is 0 Å². The lowest BCUT2D eigenvalue weighted by Gasteiger charge is -1.80. The molecule has 0 saturated carbocycles. The summed E-state index contributed by atoms with van der Waals surface area (Å²) in [6.45, 7) is 0. The average Bonchev–Trinajstić information content (AvgIpc) is 1.94. The van der Waals surface area contributed by atoms with E-state index in [-0.39, 0.29) is 0 Å². The molecular formula is C2HBrN2S3. The summed E-state index contributed by atoms with van der Waals surface area (Å²) < 4.78 is 8.75. The molecule has 8 heavy (non-hydrogen) atoms. The first-order valence-corrected chi connectivity index (χ1v) is 4.78. The van der Waals surface area contributed by atoms with Gasteiger partial charge in [0.25, 0.3) is 0 Å². The molecule has 1 aliphatic rings. The zero-order valence-electron chi connectivity index (χ0n) is 3.57. The second-order valence-electron chi connectivity index (χ2n) is 0.849. The molecule has 0 N–H and O–H groups in total. The largest absolute Gasteiger partial charge is 0.136 e. The van der Waals surface area contributed by atoms with Gasteiger partial charge in [0, 0.05) is 29.3 Å². The van der Waals surface area contributed by atoms with E-state index in [1.807, 2.05) is 5.41 Å². The van der Waals surface area contributed by atoms with Gasteiger partial charge in [0.05, 0.1) is 15.2 Å². The predicted molar refractivity (Wildman–Crippen MR) is 44.4 cm³/mol. The molecule has 1 aliphatic heterocycles. The number of hydrogen-bond donors (Lipinski definition) is 0.